The van der Waals surface area contributed by atoms with Crippen molar-refractivity contribution in [1.82, 2.24) is 5.32 Å². The van der Waals surface area contributed by atoms with E-state index in [1.807, 2.05) is 12.1 Å². The Bertz CT molecular complexity index is 300. The van der Waals surface area contributed by atoms with Gasteiger partial charge in [-0.2, -0.15) is 0 Å². The molecule has 0 spiro atoms. The molecule has 0 aliphatic heterocycles. The van der Waals surface area contributed by atoms with E-state index < -0.39 is 0 Å². The summed E-state index contributed by atoms with van der Waals surface area (Å²) in [5, 5.41) is 2.66. The third-order valence-electron chi connectivity index (χ3n) is 1.61. The number of amides is 1. The Morgan fingerprint density at radius 2 is 2.07 bits per heavy atom. The van der Waals surface area contributed by atoms with Crippen LogP contribution in [0.2, 0.25) is 0 Å². The van der Waals surface area contributed by atoms with Crippen molar-refractivity contribution in [2.45, 2.75) is 0 Å². The van der Waals surface area contributed by atoms with Crippen LogP contribution in [0.5, 0.6) is 0 Å². The topological polar surface area (TPSA) is 64.3 Å². The average molecular weight is 259 g/mol. The zero-order valence-corrected chi connectivity index (χ0v) is 9.08. The summed E-state index contributed by atoms with van der Waals surface area (Å²) in [6.07, 6.45) is 0. The SMILES string of the molecule is NOCCNC(=O)c1ccc(Br)cc1. The first-order valence-electron chi connectivity index (χ1n) is 4.09. The number of rotatable bonds is 4. The molecule has 0 bridgehead atoms. The van der Waals surface area contributed by atoms with Gasteiger partial charge in [0.2, 0.25) is 0 Å². The number of carbonyl (C=O) groups is 1. The second-order valence-corrected chi connectivity index (χ2v) is 3.55. The maximum Gasteiger partial charge on any atom is 0.251 e. The molecule has 1 amide bonds. The minimum atomic E-state index is -0.130. The van der Waals surface area contributed by atoms with Crippen LogP contribution in [0.15, 0.2) is 28.7 Å². The highest BCUT2D eigenvalue weighted by atomic mass is 79.9. The lowest BCUT2D eigenvalue weighted by Gasteiger charge is -2.03. The van der Waals surface area contributed by atoms with Crippen LogP contribution >= 0.6 is 15.9 Å². The van der Waals surface area contributed by atoms with E-state index in [2.05, 4.69) is 26.1 Å². The quantitative estimate of drug-likeness (QED) is 0.628. The van der Waals surface area contributed by atoms with Gasteiger partial charge in [-0.15, -0.1) is 0 Å². The first kappa shape index (κ1) is 11.2. The van der Waals surface area contributed by atoms with E-state index in [-0.39, 0.29) is 5.91 Å². The number of halogens is 1. The van der Waals surface area contributed by atoms with Gasteiger partial charge in [0, 0.05) is 16.6 Å². The highest BCUT2D eigenvalue weighted by molar-refractivity contribution is 9.10. The fourth-order valence-electron chi connectivity index (χ4n) is 0.927. The third kappa shape index (κ3) is 3.45. The van der Waals surface area contributed by atoms with Crippen LogP contribution in [0.4, 0.5) is 0 Å². The van der Waals surface area contributed by atoms with Crippen molar-refractivity contribution < 1.29 is 9.63 Å². The van der Waals surface area contributed by atoms with E-state index in [9.17, 15) is 4.79 Å². The Hall–Kier alpha value is -0.910. The molecule has 1 rings (SSSR count). The summed E-state index contributed by atoms with van der Waals surface area (Å²) in [7, 11) is 0. The van der Waals surface area contributed by atoms with Crippen LogP contribution in [0.25, 0.3) is 0 Å². The molecule has 0 aliphatic carbocycles. The Kier molecular flexibility index (Phi) is 4.58. The van der Waals surface area contributed by atoms with Crippen molar-refractivity contribution in [1.29, 1.82) is 0 Å². The molecule has 3 N–H and O–H groups in total. The second-order valence-electron chi connectivity index (χ2n) is 2.63. The lowest BCUT2D eigenvalue weighted by Crippen LogP contribution is -2.27. The standard InChI is InChI=1S/C9H11BrN2O2/c10-8-3-1-7(2-4-8)9(13)12-5-6-14-11/h1-4H,5-6,11H2,(H,12,13). The molecule has 1 aromatic carbocycles. The van der Waals surface area contributed by atoms with E-state index in [0.717, 1.165) is 4.47 Å². The van der Waals surface area contributed by atoms with E-state index >= 15 is 0 Å². The van der Waals surface area contributed by atoms with Crippen LogP contribution in [0, 0.1) is 0 Å². The monoisotopic (exact) mass is 258 g/mol. The number of hydrogen-bond acceptors (Lipinski definition) is 3. The fraction of sp³-hybridized carbons (Fsp3) is 0.222. The number of carbonyl (C=O) groups excluding carboxylic acids is 1. The summed E-state index contributed by atoms with van der Waals surface area (Å²) in [4.78, 5) is 15.7. The summed E-state index contributed by atoms with van der Waals surface area (Å²) in [6, 6.07) is 7.11. The molecule has 0 aliphatic rings. The molecule has 4 nitrogen and oxygen atoms in total. The van der Waals surface area contributed by atoms with Crippen molar-refractivity contribution in [3.8, 4) is 0 Å². The zero-order chi connectivity index (χ0) is 10.4. The Morgan fingerprint density at radius 3 is 2.64 bits per heavy atom. The highest BCUT2D eigenvalue weighted by Crippen LogP contribution is 2.10. The predicted octanol–water partition coefficient (Wildman–Crippen LogP) is 1.07. The van der Waals surface area contributed by atoms with E-state index in [1.54, 1.807) is 12.1 Å². The maximum atomic E-state index is 11.4. The number of nitrogens with one attached hydrogen (secondary N) is 1. The van der Waals surface area contributed by atoms with Gasteiger partial charge in [-0.05, 0) is 24.3 Å². The Labute approximate surface area is 90.5 Å². The summed E-state index contributed by atoms with van der Waals surface area (Å²) in [5.74, 6) is 4.69. The molecule has 5 heteroatoms. The molecular formula is C9H11BrN2O2. The van der Waals surface area contributed by atoms with Gasteiger partial charge in [0.05, 0.1) is 6.61 Å². The third-order valence-corrected chi connectivity index (χ3v) is 2.14. The Morgan fingerprint density at radius 1 is 1.43 bits per heavy atom. The average Bonchev–Trinajstić information content (AvgIpc) is 2.19. The minimum absolute atomic E-state index is 0.130. The number of benzene rings is 1. The van der Waals surface area contributed by atoms with Gasteiger partial charge < -0.3 is 10.2 Å². The molecule has 0 heterocycles. The van der Waals surface area contributed by atoms with Gasteiger partial charge in [-0.3, -0.25) is 4.79 Å². The normalized spacial score (nSPS) is 9.86. The molecule has 0 fully saturated rings. The molecule has 0 saturated heterocycles. The molecule has 0 unspecified atom stereocenters. The van der Waals surface area contributed by atoms with Gasteiger partial charge in [0.1, 0.15) is 0 Å². The smallest absolute Gasteiger partial charge is 0.251 e. The molecule has 0 aromatic heterocycles. The molecule has 0 saturated carbocycles. The van der Waals surface area contributed by atoms with Gasteiger partial charge in [0.25, 0.3) is 5.91 Å². The van der Waals surface area contributed by atoms with Crippen molar-refractivity contribution in [3.63, 3.8) is 0 Å². The van der Waals surface area contributed by atoms with Crippen molar-refractivity contribution in [3.05, 3.63) is 34.3 Å². The molecule has 0 atom stereocenters. The summed E-state index contributed by atoms with van der Waals surface area (Å²) in [6.45, 7) is 0.716. The summed E-state index contributed by atoms with van der Waals surface area (Å²) >= 11 is 3.29. The molecule has 14 heavy (non-hydrogen) atoms. The summed E-state index contributed by atoms with van der Waals surface area (Å²) in [5.41, 5.74) is 0.616. The highest BCUT2D eigenvalue weighted by Gasteiger charge is 2.03. The molecular weight excluding hydrogens is 248 g/mol. The van der Waals surface area contributed by atoms with Crippen LogP contribution in [-0.4, -0.2) is 19.1 Å². The summed E-state index contributed by atoms with van der Waals surface area (Å²) < 4.78 is 0.944. The van der Waals surface area contributed by atoms with Crippen molar-refractivity contribution in [2.75, 3.05) is 13.2 Å². The number of nitrogens with two attached hydrogens (primary N) is 1. The van der Waals surface area contributed by atoms with Crippen LogP contribution < -0.4 is 11.2 Å². The van der Waals surface area contributed by atoms with Gasteiger partial charge >= 0.3 is 0 Å². The minimum Gasteiger partial charge on any atom is -0.350 e. The van der Waals surface area contributed by atoms with Gasteiger partial charge in [-0.25, -0.2) is 5.90 Å². The number of hydrogen-bond donors (Lipinski definition) is 2. The predicted molar refractivity (Wildman–Crippen MR) is 56.6 cm³/mol. The van der Waals surface area contributed by atoms with E-state index in [0.29, 0.717) is 18.7 Å². The van der Waals surface area contributed by atoms with Crippen LogP contribution in [-0.2, 0) is 4.84 Å². The van der Waals surface area contributed by atoms with Gasteiger partial charge in [0.15, 0.2) is 0 Å². The van der Waals surface area contributed by atoms with Crippen LogP contribution in [0.3, 0.4) is 0 Å². The molecule has 0 radical (unpaired) electrons. The van der Waals surface area contributed by atoms with Crippen LogP contribution in [0.1, 0.15) is 10.4 Å². The molecule has 76 valence electrons. The second kappa shape index (κ2) is 5.74. The fourth-order valence-corrected chi connectivity index (χ4v) is 1.19. The van der Waals surface area contributed by atoms with Crippen molar-refractivity contribution >= 4 is 21.8 Å². The van der Waals surface area contributed by atoms with Gasteiger partial charge in [-0.1, -0.05) is 15.9 Å². The lowest BCUT2D eigenvalue weighted by atomic mass is 10.2. The Balaban J connectivity index is 2.48. The lowest BCUT2D eigenvalue weighted by molar-refractivity contribution is 0.0917. The first-order valence-corrected chi connectivity index (χ1v) is 4.89. The largest absolute Gasteiger partial charge is 0.350 e. The van der Waals surface area contributed by atoms with E-state index in [1.165, 1.54) is 0 Å². The first-order chi connectivity index (χ1) is 6.74. The maximum absolute atomic E-state index is 11.4. The van der Waals surface area contributed by atoms with E-state index in [4.69, 9.17) is 5.90 Å². The van der Waals surface area contributed by atoms with Crippen molar-refractivity contribution in [2.24, 2.45) is 5.90 Å². The zero-order valence-electron chi connectivity index (χ0n) is 7.50. The molecule has 1 aromatic rings.